The Kier molecular flexibility index (Phi) is 5.39. The minimum atomic E-state index is 0.0284. The van der Waals surface area contributed by atoms with Crippen molar-refractivity contribution in [3.05, 3.63) is 22.4 Å². The van der Waals surface area contributed by atoms with Gasteiger partial charge in [0.15, 0.2) is 0 Å². The highest BCUT2D eigenvalue weighted by Gasteiger charge is 2.41. The maximum absolute atomic E-state index is 12.5. The molecule has 0 N–H and O–H groups in total. The number of carbonyl (C=O) groups is 1. The lowest BCUT2D eigenvalue weighted by Gasteiger charge is -2.46. The topological polar surface area (TPSA) is 32.8 Å². The molecular formula is C18H28N2O2S. The van der Waals surface area contributed by atoms with Crippen LogP contribution >= 0.6 is 11.3 Å². The van der Waals surface area contributed by atoms with E-state index in [2.05, 4.69) is 19.0 Å². The Labute approximate surface area is 143 Å². The van der Waals surface area contributed by atoms with E-state index in [9.17, 15) is 4.79 Å². The Morgan fingerprint density at radius 3 is 2.87 bits per heavy atom. The number of nitrogens with zero attached hydrogens (tertiary/aromatic N) is 2. The first-order valence-electron chi connectivity index (χ1n) is 8.68. The molecule has 2 saturated heterocycles. The van der Waals surface area contributed by atoms with Crippen molar-refractivity contribution in [3.63, 3.8) is 0 Å². The lowest BCUT2D eigenvalue weighted by molar-refractivity contribution is -0.124. The molecule has 23 heavy (non-hydrogen) atoms. The quantitative estimate of drug-likeness (QED) is 0.847. The van der Waals surface area contributed by atoms with E-state index < -0.39 is 0 Å². The van der Waals surface area contributed by atoms with Gasteiger partial charge in [-0.15, -0.1) is 0 Å². The fourth-order valence-corrected chi connectivity index (χ4v) is 4.48. The van der Waals surface area contributed by atoms with Crippen LogP contribution in [0.4, 0.5) is 0 Å². The molecule has 3 heterocycles. The average Bonchev–Trinajstić information content (AvgIpc) is 3.08. The van der Waals surface area contributed by atoms with Crippen molar-refractivity contribution in [1.82, 2.24) is 9.80 Å². The summed E-state index contributed by atoms with van der Waals surface area (Å²) in [6.07, 6.45) is 5.59. The summed E-state index contributed by atoms with van der Waals surface area (Å²) in [5.74, 6) is 0.950. The molecule has 3 rings (SSSR count). The van der Waals surface area contributed by atoms with Gasteiger partial charge in [-0.2, -0.15) is 11.3 Å². The van der Waals surface area contributed by atoms with Gasteiger partial charge >= 0.3 is 0 Å². The van der Waals surface area contributed by atoms with Crippen LogP contribution in [-0.2, 0) is 4.74 Å². The molecule has 4 nitrogen and oxygen atoms in total. The van der Waals surface area contributed by atoms with Gasteiger partial charge in [0.05, 0.1) is 11.2 Å². The second-order valence-corrected chi connectivity index (χ2v) is 8.07. The predicted molar refractivity (Wildman–Crippen MR) is 94.0 cm³/mol. The number of thiophene rings is 1. The molecule has 1 spiro atoms. The summed E-state index contributed by atoms with van der Waals surface area (Å²) in [5.41, 5.74) is 0.861. The smallest absolute Gasteiger partial charge is 0.254 e. The van der Waals surface area contributed by atoms with Crippen LogP contribution in [0.25, 0.3) is 0 Å². The molecule has 0 aromatic carbocycles. The van der Waals surface area contributed by atoms with Gasteiger partial charge in [-0.3, -0.25) is 4.79 Å². The molecular weight excluding hydrogens is 308 g/mol. The number of likely N-dealkylation sites (tertiary alicyclic amines) is 1. The molecule has 1 amide bonds. The Morgan fingerprint density at radius 1 is 1.43 bits per heavy atom. The number of amides is 1. The average molecular weight is 337 g/mol. The van der Waals surface area contributed by atoms with E-state index >= 15 is 0 Å². The second kappa shape index (κ2) is 7.32. The fourth-order valence-electron chi connectivity index (χ4n) is 3.85. The highest BCUT2D eigenvalue weighted by Crippen LogP contribution is 2.39. The minimum absolute atomic E-state index is 0.0284. The molecule has 128 valence electrons. The van der Waals surface area contributed by atoms with Gasteiger partial charge in [-0.1, -0.05) is 0 Å². The van der Waals surface area contributed by atoms with Crippen molar-refractivity contribution in [2.75, 3.05) is 40.3 Å². The number of hydrogen-bond donors (Lipinski definition) is 0. The molecule has 2 aliphatic rings. The standard InChI is InChI=1S/C18H28N2O2S/c1-19(2)8-3-15-4-11-22-18(13-15)6-9-20(10-7-18)17(21)16-5-12-23-14-16/h5,12,14-15H,3-4,6-11,13H2,1-2H3. The molecule has 2 fully saturated rings. The molecule has 0 bridgehead atoms. The Morgan fingerprint density at radius 2 is 2.22 bits per heavy atom. The van der Waals surface area contributed by atoms with Crippen LogP contribution in [0.1, 0.15) is 42.5 Å². The number of ether oxygens (including phenoxy) is 1. The van der Waals surface area contributed by atoms with Crippen LogP contribution in [0.2, 0.25) is 0 Å². The minimum Gasteiger partial charge on any atom is -0.375 e. The second-order valence-electron chi connectivity index (χ2n) is 7.29. The Balaban J connectivity index is 1.54. The molecule has 0 saturated carbocycles. The summed E-state index contributed by atoms with van der Waals surface area (Å²) in [7, 11) is 4.28. The summed E-state index contributed by atoms with van der Waals surface area (Å²) in [6.45, 7) is 3.70. The van der Waals surface area contributed by atoms with Gasteiger partial charge in [0, 0.05) is 25.1 Å². The zero-order chi connectivity index (χ0) is 16.3. The van der Waals surface area contributed by atoms with Gasteiger partial charge < -0.3 is 14.5 Å². The molecule has 0 radical (unpaired) electrons. The zero-order valence-corrected chi connectivity index (χ0v) is 15.1. The van der Waals surface area contributed by atoms with Crippen molar-refractivity contribution in [1.29, 1.82) is 0 Å². The third-order valence-corrected chi connectivity index (χ3v) is 5.99. The Bertz CT molecular complexity index is 507. The van der Waals surface area contributed by atoms with Crippen molar-refractivity contribution >= 4 is 17.2 Å². The molecule has 5 heteroatoms. The lowest BCUT2D eigenvalue weighted by Crippen LogP contribution is -2.50. The first-order chi connectivity index (χ1) is 11.1. The maximum atomic E-state index is 12.5. The van der Waals surface area contributed by atoms with Crippen molar-refractivity contribution in [3.8, 4) is 0 Å². The van der Waals surface area contributed by atoms with Crippen LogP contribution in [-0.4, -0.2) is 61.6 Å². The fraction of sp³-hybridized carbons (Fsp3) is 0.722. The summed E-state index contributed by atoms with van der Waals surface area (Å²) in [4.78, 5) is 16.7. The highest BCUT2D eigenvalue weighted by atomic mass is 32.1. The molecule has 1 unspecified atom stereocenters. The zero-order valence-electron chi connectivity index (χ0n) is 14.3. The first kappa shape index (κ1) is 16.9. The van der Waals surface area contributed by atoms with Crippen LogP contribution in [0, 0.1) is 5.92 Å². The SMILES string of the molecule is CN(C)CCC1CCOC2(CCN(C(=O)c3ccsc3)CC2)C1. The number of piperidine rings is 1. The van der Waals surface area contributed by atoms with E-state index in [0.29, 0.717) is 0 Å². The van der Waals surface area contributed by atoms with Crippen molar-refractivity contribution in [2.24, 2.45) is 5.92 Å². The lowest BCUT2D eigenvalue weighted by atomic mass is 9.78. The van der Waals surface area contributed by atoms with E-state index in [1.165, 1.54) is 19.3 Å². The first-order valence-corrected chi connectivity index (χ1v) is 9.62. The van der Waals surface area contributed by atoms with E-state index in [0.717, 1.165) is 50.6 Å². The van der Waals surface area contributed by atoms with Gasteiger partial charge in [0.2, 0.25) is 0 Å². The Hall–Kier alpha value is -0.910. The third-order valence-electron chi connectivity index (χ3n) is 5.31. The molecule has 1 aromatic rings. The largest absolute Gasteiger partial charge is 0.375 e. The van der Waals surface area contributed by atoms with E-state index in [4.69, 9.17) is 4.74 Å². The van der Waals surface area contributed by atoms with Gasteiger partial charge in [-0.05, 0) is 70.1 Å². The number of carbonyl (C=O) groups excluding carboxylic acids is 1. The molecule has 1 atom stereocenters. The monoisotopic (exact) mass is 336 g/mol. The molecule has 0 aliphatic carbocycles. The summed E-state index contributed by atoms with van der Waals surface area (Å²) in [5, 5.41) is 3.92. The highest BCUT2D eigenvalue weighted by molar-refractivity contribution is 7.08. The van der Waals surface area contributed by atoms with Crippen molar-refractivity contribution < 1.29 is 9.53 Å². The molecule has 2 aliphatic heterocycles. The summed E-state index contributed by atoms with van der Waals surface area (Å²) >= 11 is 1.59. The van der Waals surface area contributed by atoms with Gasteiger partial charge in [0.1, 0.15) is 0 Å². The molecule has 1 aromatic heterocycles. The maximum Gasteiger partial charge on any atom is 0.254 e. The van der Waals surface area contributed by atoms with Gasteiger partial charge in [-0.25, -0.2) is 0 Å². The van der Waals surface area contributed by atoms with E-state index in [1.807, 2.05) is 21.7 Å². The summed E-state index contributed by atoms with van der Waals surface area (Å²) < 4.78 is 6.21. The van der Waals surface area contributed by atoms with Gasteiger partial charge in [0.25, 0.3) is 5.91 Å². The normalized spacial score (nSPS) is 24.3. The van der Waals surface area contributed by atoms with E-state index in [-0.39, 0.29) is 11.5 Å². The number of rotatable bonds is 4. The third kappa shape index (κ3) is 4.14. The van der Waals surface area contributed by atoms with Crippen LogP contribution in [0.15, 0.2) is 16.8 Å². The summed E-state index contributed by atoms with van der Waals surface area (Å²) in [6, 6.07) is 1.92. The van der Waals surface area contributed by atoms with Crippen LogP contribution < -0.4 is 0 Å². The van der Waals surface area contributed by atoms with Crippen LogP contribution in [0.3, 0.4) is 0 Å². The predicted octanol–water partition coefficient (Wildman–Crippen LogP) is 3.10. The van der Waals surface area contributed by atoms with E-state index in [1.54, 1.807) is 11.3 Å². The van der Waals surface area contributed by atoms with Crippen LogP contribution in [0.5, 0.6) is 0 Å². The number of hydrogen-bond acceptors (Lipinski definition) is 4. The van der Waals surface area contributed by atoms with Crippen molar-refractivity contribution in [2.45, 2.75) is 37.7 Å².